The Morgan fingerprint density at radius 1 is 1.43 bits per heavy atom. The van der Waals surface area contributed by atoms with Crippen molar-refractivity contribution in [2.45, 2.75) is 18.9 Å². The molecule has 0 N–H and O–H groups in total. The first-order chi connectivity index (χ1) is 5.66. The fourth-order valence-electron chi connectivity index (χ4n) is 1.28. The van der Waals surface area contributed by atoms with Crippen LogP contribution in [0.2, 0.25) is 0 Å². The van der Waals surface area contributed by atoms with Gasteiger partial charge in [-0.05, 0) is 12.8 Å². The fourth-order valence-corrected chi connectivity index (χ4v) is 1.88. The van der Waals surface area contributed by atoms with E-state index in [9.17, 15) is 14.7 Å². The Labute approximate surface area is 136 Å². The van der Waals surface area contributed by atoms with Gasteiger partial charge in [-0.15, -0.1) is 0 Å². The summed E-state index contributed by atoms with van der Waals surface area (Å²) in [5, 5.41) is 10.1. The Morgan fingerprint density at radius 3 is 2.43 bits per heavy atom. The van der Waals surface area contributed by atoms with Crippen LogP contribution in [-0.2, 0) is 16.5 Å². The van der Waals surface area contributed by atoms with Gasteiger partial charge in [0.25, 0.3) is 5.24 Å². The molecule has 0 aromatic heterocycles. The third kappa shape index (κ3) is 4.65. The minimum atomic E-state index is -1.19. The van der Waals surface area contributed by atoms with E-state index >= 15 is 0 Å². The molecule has 0 spiro atoms. The maximum atomic E-state index is 11.0. The fraction of sp³-hybridized carbons (Fsp3) is 0.667. The Balaban J connectivity index is 0. The SMILES string of the molecule is O=C([O-])[C@@H]1CCCN1C(=O)S[S-].[Na+].[Na+]. The van der Waals surface area contributed by atoms with Crippen molar-refractivity contribution in [3.05, 3.63) is 0 Å². The van der Waals surface area contributed by atoms with Gasteiger partial charge < -0.3 is 26.5 Å². The minimum absolute atomic E-state index is 0. The molecule has 1 atom stereocenters. The number of hydrogen-bond donors (Lipinski definition) is 0. The van der Waals surface area contributed by atoms with Gasteiger partial charge in [0.05, 0.1) is 12.0 Å². The van der Waals surface area contributed by atoms with E-state index in [1.165, 1.54) is 4.90 Å². The third-order valence-corrected chi connectivity index (χ3v) is 2.64. The molecular formula is C6H7NNa2O3S2. The van der Waals surface area contributed by atoms with E-state index in [1.807, 2.05) is 0 Å². The molecule has 1 aliphatic heterocycles. The largest absolute Gasteiger partial charge is 1.00 e. The van der Waals surface area contributed by atoms with Crippen molar-refractivity contribution in [3.63, 3.8) is 0 Å². The molecule has 0 aliphatic carbocycles. The summed E-state index contributed by atoms with van der Waals surface area (Å²) >= 11 is 4.46. The van der Waals surface area contributed by atoms with Crippen LogP contribution in [0.5, 0.6) is 0 Å². The monoisotopic (exact) mass is 251 g/mol. The van der Waals surface area contributed by atoms with Gasteiger partial charge in [-0.25, -0.2) is 10.8 Å². The first kappa shape index (κ1) is 18.0. The molecule has 1 saturated heterocycles. The van der Waals surface area contributed by atoms with Crippen LogP contribution in [0.3, 0.4) is 0 Å². The Kier molecular flexibility index (Phi) is 11.3. The number of nitrogens with zero attached hydrogens (tertiary/aromatic N) is 1. The molecule has 1 heterocycles. The minimum Gasteiger partial charge on any atom is -0.709 e. The number of aliphatic carboxylic acids is 1. The Hall–Kier alpha value is 1.64. The van der Waals surface area contributed by atoms with Gasteiger partial charge >= 0.3 is 59.1 Å². The van der Waals surface area contributed by atoms with Crippen molar-refractivity contribution in [1.29, 1.82) is 0 Å². The van der Waals surface area contributed by atoms with Crippen LogP contribution >= 0.6 is 10.8 Å². The number of likely N-dealkylation sites (tertiary alicyclic amines) is 1. The van der Waals surface area contributed by atoms with Gasteiger partial charge in [0.1, 0.15) is 0 Å². The average Bonchev–Trinajstić information content (AvgIpc) is 2.50. The zero-order chi connectivity index (χ0) is 9.14. The summed E-state index contributed by atoms with van der Waals surface area (Å²) in [5.74, 6) is -1.19. The quantitative estimate of drug-likeness (QED) is 0.263. The molecule has 0 radical (unpaired) electrons. The molecule has 68 valence electrons. The second-order valence-corrected chi connectivity index (χ2v) is 3.54. The molecule has 0 aromatic carbocycles. The molecule has 0 aromatic rings. The number of rotatable bonds is 1. The van der Waals surface area contributed by atoms with Gasteiger partial charge in [0.15, 0.2) is 0 Å². The molecule has 0 unspecified atom stereocenters. The zero-order valence-corrected chi connectivity index (χ0v) is 13.8. The second-order valence-electron chi connectivity index (χ2n) is 2.52. The second kappa shape index (κ2) is 8.75. The molecule has 14 heavy (non-hydrogen) atoms. The molecule has 1 aliphatic rings. The molecular weight excluding hydrogens is 244 g/mol. The van der Waals surface area contributed by atoms with E-state index in [0.29, 0.717) is 30.2 Å². The van der Waals surface area contributed by atoms with E-state index < -0.39 is 12.0 Å². The first-order valence-electron chi connectivity index (χ1n) is 3.48. The van der Waals surface area contributed by atoms with Crippen LogP contribution < -0.4 is 64.2 Å². The topological polar surface area (TPSA) is 60.4 Å². The number of carboxylic acid groups (broad SMARTS) is 1. The van der Waals surface area contributed by atoms with Crippen molar-refractivity contribution in [3.8, 4) is 0 Å². The predicted molar refractivity (Wildman–Crippen MR) is 45.1 cm³/mol. The van der Waals surface area contributed by atoms with Crippen molar-refractivity contribution in [2.24, 2.45) is 0 Å². The number of carbonyl (C=O) groups is 2. The van der Waals surface area contributed by atoms with E-state index in [4.69, 9.17) is 0 Å². The molecule has 4 nitrogen and oxygen atoms in total. The van der Waals surface area contributed by atoms with E-state index in [-0.39, 0.29) is 64.4 Å². The van der Waals surface area contributed by atoms with Crippen LogP contribution in [0, 0.1) is 0 Å². The van der Waals surface area contributed by atoms with Crippen LogP contribution in [-0.4, -0.2) is 28.7 Å². The van der Waals surface area contributed by atoms with Crippen LogP contribution in [0.15, 0.2) is 0 Å². The zero-order valence-electron chi connectivity index (χ0n) is 8.19. The molecule has 1 amide bonds. The maximum absolute atomic E-state index is 11.0. The summed E-state index contributed by atoms with van der Waals surface area (Å²) in [5.41, 5.74) is 0. The van der Waals surface area contributed by atoms with Gasteiger partial charge in [-0.1, -0.05) is 0 Å². The first-order valence-corrected chi connectivity index (χ1v) is 5.22. The van der Waals surface area contributed by atoms with E-state index in [1.54, 1.807) is 0 Å². The van der Waals surface area contributed by atoms with Gasteiger partial charge in [0.2, 0.25) is 0 Å². The molecule has 8 heteroatoms. The van der Waals surface area contributed by atoms with E-state index in [0.717, 1.165) is 0 Å². The van der Waals surface area contributed by atoms with Crippen LogP contribution in [0.25, 0.3) is 0 Å². The van der Waals surface area contributed by atoms with Crippen LogP contribution in [0.1, 0.15) is 12.8 Å². The number of hydrogen-bond acceptors (Lipinski definition) is 5. The third-order valence-electron chi connectivity index (χ3n) is 1.83. The smallest absolute Gasteiger partial charge is 0.709 e. The van der Waals surface area contributed by atoms with Crippen molar-refractivity contribution >= 4 is 33.7 Å². The number of amides is 1. The Morgan fingerprint density at radius 2 is 2.00 bits per heavy atom. The number of carbonyl (C=O) groups excluding carboxylic acids is 2. The van der Waals surface area contributed by atoms with Crippen molar-refractivity contribution in [1.82, 2.24) is 4.90 Å². The van der Waals surface area contributed by atoms with E-state index in [2.05, 4.69) is 11.7 Å². The summed E-state index contributed by atoms with van der Waals surface area (Å²) in [6.45, 7) is 0.473. The summed E-state index contributed by atoms with van der Waals surface area (Å²) in [4.78, 5) is 22.8. The molecule has 1 fully saturated rings. The maximum Gasteiger partial charge on any atom is 1.00 e. The van der Waals surface area contributed by atoms with Crippen molar-refractivity contribution < 1.29 is 73.8 Å². The van der Waals surface area contributed by atoms with Crippen molar-refractivity contribution in [2.75, 3.05) is 6.54 Å². The molecule has 0 saturated carbocycles. The normalized spacial score (nSPS) is 19.5. The van der Waals surface area contributed by atoms with Gasteiger partial charge in [-0.2, -0.15) is 0 Å². The molecule has 1 rings (SSSR count). The van der Waals surface area contributed by atoms with Gasteiger partial charge in [0, 0.05) is 6.54 Å². The molecule has 0 bridgehead atoms. The standard InChI is InChI=1S/C6H9NO3S2.2Na/c8-5(9)4-2-1-3-7(4)6(10)12-11;;/h4,11H,1-3H2,(H,8,9);;/q;2*+1/p-2/t4-;;/m0../s1. The summed E-state index contributed by atoms with van der Waals surface area (Å²) < 4.78 is 0. The van der Waals surface area contributed by atoms with Gasteiger partial charge in [-0.3, -0.25) is 4.79 Å². The summed E-state index contributed by atoms with van der Waals surface area (Å²) in [7, 11) is 0.622. The Bertz CT molecular complexity index is 217. The predicted octanol–water partition coefficient (Wildman–Crippen LogP) is -6.48. The number of carboxylic acids is 1. The average molecular weight is 251 g/mol. The summed E-state index contributed by atoms with van der Waals surface area (Å²) in [6.07, 6.45) is 1.18. The summed E-state index contributed by atoms with van der Waals surface area (Å²) in [6, 6.07) is -0.770. The van der Waals surface area contributed by atoms with Crippen LogP contribution in [0.4, 0.5) is 4.79 Å².